The van der Waals surface area contributed by atoms with Gasteiger partial charge < -0.3 is 0 Å². The van der Waals surface area contributed by atoms with E-state index < -0.39 is 16.8 Å². The molecule has 1 atom stereocenters. The zero-order chi connectivity index (χ0) is 12.9. The highest BCUT2D eigenvalue weighted by Gasteiger charge is 2.58. The summed E-state index contributed by atoms with van der Waals surface area (Å²) in [5.74, 6) is -3.47. The van der Waals surface area contributed by atoms with Crippen LogP contribution < -0.4 is 0 Å². The van der Waals surface area contributed by atoms with E-state index >= 15 is 0 Å². The molecule has 3 rings (SSSR count). The lowest BCUT2D eigenvalue weighted by atomic mass is 9.99. The van der Waals surface area contributed by atoms with E-state index in [4.69, 9.17) is 0 Å². The van der Waals surface area contributed by atoms with E-state index in [2.05, 4.69) is 0 Å². The summed E-state index contributed by atoms with van der Waals surface area (Å²) in [6.45, 7) is 0. The Morgan fingerprint density at radius 2 is 1.78 bits per heavy atom. The van der Waals surface area contributed by atoms with Crippen LogP contribution in [0.1, 0.15) is 17.9 Å². The number of nitro benzene ring substituents is 1. The zero-order valence-electron chi connectivity index (χ0n) is 9.27. The number of nitrogens with zero attached hydrogens (tertiary/aromatic N) is 1. The number of alkyl halides is 2. The summed E-state index contributed by atoms with van der Waals surface area (Å²) in [7, 11) is 0. The maximum absolute atomic E-state index is 13.1. The van der Waals surface area contributed by atoms with Crippen LogP contribution in [0.2, 0.25) is 0 Å². The molecule has 0 aromatic heterocycles. The Bertz CT molecular complexity index is 654. The van der Waals surface area contributed by atoms with E-state index in [-0.39, 0.29) is 12.1 Å². The predicted molar refractivity (Wildman–Crippen MR) is 62.9 cm³/mol. The molecule has 0 saturated heterocycles. The number of benzene rings is 2. The molecule has 0 bridgehead atoms. The SMILES string of the molecule is O=[N+]([O-])c1ccc(C2CC2(F)F)c2ccccc12. The first-order valence-corrected chi connectivity index (χ1v) is 5.54. The summed E-state index contributed by atoms with van der Waals surface area (Å²) in [5, 5.41) is 11.9. The van der Waals surface area contributed by atoms with Gasteiger partial charge in [0.2, 0.25) is 0 Å². The minimum absolute atomic E-state index is 0.0432. The molecule has 1 saturated carbocycles. The molecule has 1 aliphatic carbocycles. The number of halogens is 2. The predicted octanol–water partition coefficient (Wildman–Crippen LogP) is 3.87. The van der Waals surface area contributed by atoms with Crippen molar-refractivity contribution in [1.29, 1.82) is 0 Å². The average molecular weight is 249 g/mol. The van der Waals surface area contributed by atoms with Crippen molar-refractivity contribution in [3.05, 3.63) is 52.1 Å². The third-order valence-electron chi connectivity index (χ3n) is 3.33. The van der Waals surface area contributed by atoms with Crippen LogP contribution in [0.4, 0.5) is 14.5 Å². The molecule has 18 heavy (non-hydrogen) atoms. The van der Waals surface area contributed by atoms with Gasteiger partial charge in [0.05, 0.1) is 16.2 Å². The Labute approximate surface area is 101 Å². The second kappa shape index (κ2) is 3.48. The van der Waals surface area contributed by atoms with Gasteiger partial charge in [-0.3, -0.25) is 10.1 Å². The summed E-state index contributed by atoms with van der Waals surface area (Å²) >= 11 is 0. The Kier molecular flexibility index (Phi) is 2.14. The van der Waals surface area contributed by atoms with Crippen LogP contribution in [-0.4, -0.2) is 10.8 Å². The van der Waals surface area contributed by atoms with Crippen molar-refractivity contribution in [1.82, 2.24) is 0 Å². The van der Waals surface area contributed by atoms with Crippen LogP contribution in [0.3, 0.4) is 0 Å². The van der Waals surface area contributed by atoms with Gasteiger partial charge in [-0.2, -0.15) is 0 Å². The number of hydrogen-bond donors (Lipinski definition) is 0. The van der Waals surface area contributed by atoms with Crippen molar-refractivity contribution >= 4 is 16.5 Å². The molecule has 5 heteroatoms. The summed E-state index contributed by atoms with van der Waals surface area (Å²) in [5.41, 5.74) is 0.458. The van der Waals surface area contributed by atoms with Gasteiger partial charge in [0.15, 0.2) is 0 Å². The van der Waals surface area contributed by atoms with E-state index in [1.807, 2.05) is 0 Å². The molecule has 0 radical (unpaired) electrons. The molecule has 0 aliphatic heterocycles. The van der Waals surface area contributed by atoms with Crippen molar-refractivity contribution in [3.63, 3.8) is 0 Å². The topological polar surface area (TPSA) is 43.1 Å². The van der Waals surface area contributed by atoms with Crippen LogP contribution in [0.25, 0.3) is 10.8 Å². The van der Waals surface area contributed by atoms with Crippen molar-refractivity contribution in [2.45, 2.75) is 18.3 Å². The molecule has 3 nitrogen and oxygen atoms in total. The van der Waals surface area contributed by atoms with Gasteiger partial charge in [-0.25, -0.2) is 8.78 Å². The van der Waals surface area contributed by atoms with Crippen LogP contribution >= 0.6 is 0 Å². The molecule has 0 N–H and O–H groups in total. The van der Waals surface area contributed by atoms with Crippen molar-refractivity contribution in [2.24, 2.45) is 0 Å². The number of non-ortho nitro benzene ring substituents is 1. The molecule has 0 heterocycles. The van der Waals surface area contributed by atoms with E-state index in [0.717, 1.165) is 0 Å². The fourth-order valence-electron chi connectivity index (χ4n) is 2.32. The Balaban J connectivity index is 2.24. The number of fused-ring (bicyclic) bond motifs is 1. The lowest BCUT2D eigenvalue weighted by molar-refractivity contribution is -0.383. The van der Waals surface area contributed by atoms with Crippen molar-refractivity contribution in [2.75, 3.05) is 0 Å². The Morgan fingerprint density at radius 3 is 2.33 bits per heavy atom. The molecular weight excluding hydrogens is 240 g/mol. The molecule has 1 aliphatic rings. The lowest BCUT2D eigenvalue weighted by Gasteiger charge is -2.06. The average Bonchev–Trinajstić information content (AvgIpc) is 2.96. The summed E-state index contributed by atoms with van der Waals surface area (Å²) < 4.78 is 26.3. The molecule has 92 valence electrons. The Morgan fingerprint density at radius 1 is 1.17 bits per heavy atom. The minimum atomic E-state index is -2.67. The van der Waals surface area contributed by atoms with Crippen LogP contribution in [0.5, 0.6) is 0 Å². The highest BCUT2D eigenvalue weighted by Crippen LogP contribution is 2.57. The quantitative estimate of drug-likeness (QED) is 0.599. The van der Waals surface area contributed by atoms with Crippen LogP contribution in [-0.2, 0) is 0 Å². The lowest BCUT2D eigenvalue weighted by Crippen LogP contribution is -1.96. The van der Waals surface area contributed by atoms with Gasteiger partial charge in [-0.15, -0.1) is 0 Å². The molecular formula is C13H9F2NO2. The van der Waals surface area contributed by atoms with E-state index in [9.17, 15) is 18.9 Å². The van der Waals surface area contributed by atoms with E-state index in [1.54, 1.807) is 24.3 Å². The maximum Gasteiger partial charge on any atom is 0.277 e. The van der Waals surface area contributed by atoms with E-state index in [1.165, 1.54) is 12.1 Å². The fourth-order valence-corrected chi connectivity index (χ4v) is 2.32. The van der Waals surface area contributed by atoms with Crippen LogP contribution in [0, 0.1) is 10.1 Å². The third kappa shape index (κ3) is 1.54. The number of rotatable bonds is 2. The van der Waals surface area contributed by atoms with Gasteiger partial charge in [0.1, 0.15) is 0 Å². The monoisotopic (exact) mass is 249 g/mol. The highest BCUT2D eigenvalue weighted by molar-refractivity contribution is 5.94. The Hall–Kier alpha value is -2.04. The van der Waals surface area contributed by atoms with E-state index in [0.29, 0.717) is 16.3 Å². The summed E-state index contributed by atoms with van der Waals surface area (Å²) in [4.78, 5) is 10.4. The number of hydrogen-bond acceptors (Lipinski definition) is 2. The van der Waals surface area contributed by atoms with Crippen molar-refractivity contribution in [3.8, 4) is 0 Å². The molecule has 0 spiro atoms. The van der Waals surface area contributed by atoms with Gasteiger partial charge in [0, 0.05) is 12.5 Å². The first-order valence-electron chi connectivity index (χ1n) is 5.54. The summed E-state index contributed by atoms with van der Waals surface area (Å²) in [6.07, 6.45) is -0.172. The highest BCUT2D eigenvalue weighted by atomic mass is 19.3. The van der Waals surface area contributed by atoms with Gasteiger partial charge in [0.25, 0.3) is 11.6 Å². The smallest absolute Gasteiger partial charge is 0.258 e. The number of nitro groups is 1. The van der Waals surface area contributed by atoms with Gasteiger partial charge in [-0.05, 0) is 17.0 Å². The standard InChI is InChI=1S/C13H9F2NO2/c14-13(15)7-11(13)9-5-6-12(16(17)18)10-4-2-1-3-8(9)10/h1-6,11H,7H2. The third-order valence-corrected chi connectivity index (χ3v) is 3.33. The largest absolute Gasteiger partial charge is 0.277 e. The molecule has 1 unspecified atom stereocenters. The van der Waals surface area contributed by atoms with Crippen molar-refractivity contribution < 1.29 is 13.7 Å². The molecule has 2 aromatic carbocycles. The second-order valence-electron chi connectivity index (χ2n) is 4.49. The van der Waals surface area contributed by atoms with Gasteiger partial charge >= 0.3 is 0 Å². The minimum Gasteiger partial charge on any atom is -0.258 e. The maximum atomic E-state index is 13.1. The molecule has 0 amide bonds. The summed E-state index contributed by atoms with van der Waals surface area (Å²) in [6, 6.07) is 9.39. The molecule has 2 aromatic rings. The first kappa shape index (κ1) is 11.1. The normalized spacial score (nSPS) is 20.9. The van der Waals surface area contributed by atoms with Gasteiger partial charge in [-0.1, -0.05) is 24.3 Å². The fraction of sp³-hybridized carbons (Fsp3) is 0.231. The zero-order valence-corrected chi connectivity index (χ0v) is 9.27. The second-order valence-corrected chi connectivity index (χ2v) is 4.49. The first-order chi connectivity index (χ1) is 8.50. The van der Waals surface area contributed by atoms with Crippen LogP contribution in [0.15, 0.2) is 36.4 Å². The molecule has 1 fully saturated rings.